The highest BCUT2D eigenvalue weighted by Crippen LogP contribution is 2.32. The third-order valence-electron chi connectivity index (χ3n) is 4.16. The van der Waals surface area contributed by atoms with E-state index in [2.05, 4.69) is 10.1 Å². The highest BCUT2D eigenvalue weighted by molar-refractivity contribution is 5.95. The third kappa shape index (κ3) is 2.62. The molecule has 2 aliphatic heterocycles. The predicted octanol–water partition coefficient (Wildman–Crippen LogP) is 1.78. The number of ether oxygens (including phenoxy) is 2. The van der Waals surface area contributed by atoms with Gasteiger partial charge < -0.3 is 18.9 Å². The first kappa shape index (κ1) is 14.0. The number of carbonyl (C=O) groups excluding carboxylic acids is 1. The SMILES string of the molecule is Cc1noc([C@H]2CCN(C(=O)c3ccc4c(c3)OCCO4)C2)n1. The maximum absolute atomic E-state index is 12.7. The molecule has 4 rings (SSSR count). The van der Waals surface area contributed by atoms with E-state index in [4.69, 9.17) is 14.0 Å². The van der Waals surface area contributed by atoms with Gasteiger partial charge in [-0.05, 0) is 31.5 Å². The van der Waals surface area contributed by atoms with Crippen LogP contribution < -0.4 is 9.47 Å². The van der Waals surface area contributed by atoms with Crippen LogP contribution in [0.15, 0.2) is 22.7 Å². The topological polar surface area (TPSA) is 77.7 Å². The Kier molecular flexibility index (Phi) is 3.40. The average Bonchev–Trinajstić information content (AvgIpc) is 3.22. The summed E-state index contributed by atoms with van der Waals surface area (Å²) < 4.78 is 16.2. The van der Waals surface area contributed by atoms with E-state index in [0.717, 1.165) is 6.42 Å². The average molecular weight is 315 g/mol. The molecule has 1 saturated heterocycles. The van der Waals surface area contributed by atoms with Gasteiger partial charge in [-0.25, -0.2) is 0 Å². The Morgan fingerprint density at radius 1 is 1.26 bits per heavy atom. The van der Waals surface area contributed by atoms with Crippen molar-refractivity contribution in [1.29, 1.82) is 0 Å². The minimum Gasteiger partial charge on any atom is -0.486 e. The van der Waals surface area contributed by atoms with E-state index in [1.165, 1.54) is 0 Å². The number of hydrogen-bond donors (Lipinski definition) is 0. The maximum Gasteiger partial charge on any atom is 0.254 e. The normalized spacial score (nSPS) is 19.9. The summed E-state index contributed by atoms with van der Waals surface area (Å²) in [6.45, 7) is 4.11. The van der Waals surface area contributed by atoms with Gasteiger partial charge in [-0.1, -0.05) is 5.16 Å². The molecule has 0 spiro atoms. The van der Waals surface area contributed by atoms with E-state index in [0.29, 0.717) is 55.1 Å². The Morgan fingerprint density at radius 3 is 2.87 bits per heavy atom. The van der Waals surface area contributed by atoms with Crippen molar-refractivity contribution in [1.82, 2.24) is 15.0 Å². The first-order valence-corrected chi connectivity index (χ1v) is 7.70. The molecule has 0 bridgehead atoms. The summed E-state index contributed by atoms with van der Waals surface area (Å²) in [4.78, 5) is 18.8. The van der Waals surface area contributed by atoms with Crippen LogP contribution in [0.2, 0.25) is 0 Å². The van der Waals surface area contributed by atoms with Gasteiger partial charge in [0.15, 0.2) is 17.3 Å². The Hall–Kier alpha value is -2.57. The number of nitrogens with zero attached hydrogens (tertiary/aromatic N) is 3. The Labute approximate surface area is 133 Å². The standard InChI is InChI=1S/C16H17N3O4/c1-10-17-15(23-18-10)12-4-5-19(9-12)16(20)11-2-3-13-14(8-11)22-7-6-21-13/h2-3,8,12H,4-7,9H2,1H3/t12-/m0/s1. The minimum atomic E-state index is -0.0132. The van der Waals surface area contributed by atoms with Gasteiger partial charge in [0, 0.05) is 18.7 Å². The summed E-state index contributed by atoms with van der Waals surface area (Å²) in [5.74, 6) is 2.65. The molecule has 0 aliphatic carbocycles. The fourth-order valence-corrected chi connectivity index (χ4v) is 2.98. The first-order valence-electron chi connectivity index (χ1n) is 7.70. The molecule has 7 heteroatoms. The van der Waals surface area contributed by atoms with Crippen molar-refractivity contribution < 1.29 is 18.8 Å². The van der Waals surface area contributed by atoms with Crippen LogP contribution in [0.25, 0.3) is 0 Å². The van der Waals surface area contributed by atoms with Gasteiger partial charge >= 0.3 is 0 Å². The summed E-state index contributed by atoms with van der Waals surface area (Å²) in [6, 6.07) is 5.32. The van der Waals surface area contributed by atoms with Crippen molar-refractivity contribution in [2.75, 3.05) is 26.3 Å². The Bertz CT molecular complexity index is 743. The zero-order valence-corrected chi connectivity index (χ0v) is 12.8. The maximum atomic E-state index is 12.7. The van der Waals surface area contributed by atoms with Gasteiger partial charge in [-0.2, -0.15) is 4.98 Å². The second kappa shape index (κ2) is 5.57. The molecule has 0 N–H and O–H groups in total. The van der Waals surface area contributed by atoms with Gasteiger partial charge in [0.05, 0.1) is 5.92 Å². The molecular formula is C16H17N3O4. The molecule has 0 radical (unpaired) electrons. The molecule has 2 aromatic rings. The van der Waals surface area contributed by atoms with E-state index in [-0.39, 0.29) is 11.8 Å². The molecule has 1 atom stereocenters. The second-order valence-corrected chi connectivity index (χ2v) is 5.78. The summed E-state index contributed by atoms with van der Waals surface area (Å²) >= 11 is 0. The van der Waals surface area contributed by atoms with Crippen molar-refractivity contribution in [2.45, 2.75) is 19.3 Å². The van der Waals surface area contributed by atoms with Crippen LogP contribution in [-0.4, -0.2) is 47.3 Å². The van der Waals surface area contributed by atoms with Gasteiger partial charge in [-0.3, -0.25) is 4.79 Å². The van der Waals surface area contributed by atoms with Crippen LogP contribution in [0.4, 0.5) is 0 Å². The lowest BCUT2D eigenvalue weighted by atomic mass is 10.1. The van der Waals surface area contributed by atoms with Gasteiger partial charge in [0.25, 0.3) is 5.91 Å². The Morgan fingerprint density at radius 2 is 2.09 bits per heavy atom. The van der Waals surface area contributed by atoms with E-state index >= 15 is 0 Å². The molecule has 1 aromatic carbocycles. The van der Waals surface area contributed by atoms with Crippen LogP contribution in [-0.2, 0) is 0 Å². The third-order valence-corrected chi connectivity index (χ3v) is 4.16. The number of hydrogen-bond acceptors (Lipinski definition) is 6. The van der Waals surface area contributed by atoms with Crippen LogP contribution >= 0.6 is 0 Å². The monoisotopic (exact) mass is 315 g/mol. The van der Waals surface area contributed by atoms with Crippen LogP contribution in [0.3, 0.4) is 0 Å². The molecular weight excluding hydrogens is 298 g/mol. The number of benzene rings is 1. The van der Waals surface area contributed by atoms with Crippen molar-refractivity contribution in [3.05, 3.63) is 35.5 Å². The zero-order chi connectivity index (χ0) is 15.8. The number of aromatic nitrogens is 2. The molecule has 23 heavy (non-hydrogen) atoms. The number of fused-ring (bicyclic) bond motifs is 1. The molecule has 0 saturated carbocycles. The highest BCUT2D eigenvalue weighted by Gasteiger charge is 2.31. The van der Waals surface area contributed by atoms with Crippen molar-refractivity contribution in [2.24, 2.45) is 0 Å². The number of carbonyl (C=O) groups is 1. The van der Waals surface area contributed by atoms with Gasteiger partial charge in [-0.15, -0.1) is 0 Å². The van der Waals surface area contributed by atoms with Crippen molar-refractivity contribution in [3.63, 3.8) is 0 Å². The van der Waals surface area contributed by atoms with Crippen LogP contribution in [0, 0.1) is 6.92 Å². The number of likely N-dealkylation sites (tertiary alicyclic amines) is 1. The Balaban J connectivity index is 1.49. The first-order chi connectivity index (χ1) is 11.2. The summed E-state index contributed by atoms with van der Waals surface area (Å²) in [7, 11) is 0. The number of amides is 1. The predicted molar refractivity (Wildman–Crippen MR) is 79.7 cm³/mol. The van der Waals surface area contributed by atoms with Crippen LogP contribution in [0.1, 0.15) is 34.4 Å². The quantitative estimate of drug-likeness (QED) is 0.840. The number of rotatable bonds is 2. The molecule has 0 unspecified atom stereocenters. The van der Waals surface area contributed by atoms with Crippen molar-refractivity contribution >= 4 is 5.91 Å². The van der Waals surface area contributed by atoms with E-state index in [9.17, 15) is 4.79 Å². The lowest BCUT2D eigenvalue weighted by molar-refractivity contribution is 0.0788. The molecule has 1 aromatic heterocycles. The molecule has 2 aliphatic rings. The lowest BCUT2D eigenvalue weighted by Crippen LogP contribution is -2.28. The van der Waals surface area contributed by atoms with E-state index < -0.39 is 0 Å². The molecule has 1 fully saturated rings. The molecule has 120 valence electrons. The summed E-state index contributed by atoms with van der Waals surface area (Å²) in [5.41, 5.74) is 0.608. The molecule has 7 nitrogen and oxygen atoms in total. The van der Waals surface area contributed by atoms with Crippen molar-refractivity contribution in [3.8, 4) is 11.5 Å². The van der Waals surface area contributed by atoms with Gasteiger partial charge in [0.1, 0.15) is 13.2 Å². The molecule has 3 heterocycles. The van der Waals surface area contributed by atoms with Gasteiger partial charge in [0.2, 0.25) is 5.89 Å². The highest BCUT2D eigenvalue weighted by atomic mass is 16.6. The molecule has 1 amide bonds. The second-order valence-electron chi connectivity index (χ2n) is 5.78. The van der Waals surface area contributed by atoms with E-state index in [1.807, 2.05) is 4.90 Å². The summed E-state index contributed by atoms with van der Waals surface area (Å²) in [6.07, 6.45) is 0.831. The lowest BCUT2D eigenvalue weighted by Gasteiger charge is -2.20. The zero-order valence-electron chi connectivity index (χ0n) is 12.8. The fraction of sp³-hybridized carbons (Fsp3) is 0.438. The number of aryl methyl sites for hydroxylation is 1. The van der Waals surface area contributed by atoms with Crippen LogP contribution in [0.5, 0.6) is 11.5 Å². The smallest absolute Gasteiger partial charge is 0.254 e. The fourth-order valence-electron chi connectivity index (χ4n) is 2.98. The van der Waals surface area contributed by atoms with E-state index in [1.54, 1.807) is 25.1 Å². The summed E-state index contributed by atoms with van der Waals surface area (Å²) in [5, 5.41) is 3.82. The largest absolute Gasteiger partial charge is 0.486 e. The minimum absolute atomic E-state index is 0.0132.